The van der Waals surface area contributed by atoms with Gasteiger partial charge >= 0.3 is 5.97 Å². The number of ether oxygens (including phenoxy) is 1. The van der Waals surface area contributed by atoms with Crippen LogP contribution in [0.5, 0.6) is 0 Å². The van der Waals surface area contributed by atoms with E-state index in [1.54, 1.807) is 0 Å². The molecule has 0 unspecified atom stereocenters. The number of hydrogen-bond acceptors (Lipinski definition) is 4. The third-order valence-corrected chi connectivity index (χ3v) is 4.58. The number of rotatable bonds is 2. The molecule has 3 atom stereocenters. The van der Waals surface area contributed by atoms with Crippen LogP contribution in [0.2, 0.25) is 0 Å². The molecule has 1 aromatic rings. The van der Waals surface area contributed by atoms with Crippen LogP contribution in [0, 0.1) is 5.92 Å². The molecule has 2 heterocycles. The van der Waals surface area contributed by atoms with Gasteiger partial charge in [-0.3, -0.25) is 4.79 Å². The highest BCUT2D eigenvalue weighted by Gasteiger charge is 2.52. The van der Waals surface area contributed by atoms with Gasteiger partial charge in [-0.25, -0.2) is 4.79 Å². The predicted molar refractivity (Wildman–Crippen MR) is 77.4 cm³/mol. The molecule has 0 radical (unpaired) electrons. The van der Waals surface area contributed by atoms with Gasteiger partial charge in [0.25, 0.3) is 0 Å². The smallest absolute Gasteiger partial charge is 0.336 e. The molecule has 2 saturated heterocycles. The average Bonchev–Trinajstić information content (AvgIpc) is 2.54. The first kappa shape index (κ1) is 14.1. The predicted octanol–water partition coefficient (Wildman–Crippen LogP) is 0.943. The summed E-state index contributed by atoms with van der Waals surface area (Å²) in [6.07, 6.45) is 2.56. The number of methoxy groups -OCH3 is 1. The van der Waals surface area contributed by atoms with E-state index in [0.29, 0.717) is 6.42 Å². The second kappa shape index (κ2) is 5.48. The molecule has 5 nitrogen and oxygen atoms in total. The van der Waals surface area contributed by atoms with Gasteiger partial charge in [-0.15, -0.1) is 0 Å². The third-order valence-electron chi connectivity index (χ3n) is 4.58. The highest BCUT2D eigenvalue weighted by molar-refractivity contribution is 5.93. The number of benzene rings is 1. The number of hydrogen-bond donors (Lipinski definition) is 2. The lowest BCUT2D eigenvalue weighted by Crippen LogP contribution is -2.66. The lowest BCUT2D eigenvalue weighted by atomic mass is 9.72. The van der Waals surface area contributed by atoms with Gasteiger partial charge < -0.3 is 15.4 Å². The zero-order chi connectivity index (χ0) is 14.9. The van der Waals surface area contributed by atoms with E-state index in [9.17, 15) is 9.59 Å². The van der Waals surface area contributed by atoms with Crippen molar-refractivity contribution >= 4 is 11.9 Å². The van der Waals surface area contributed by atoms with Crippen LogP contribution in [0.3, 0.4) is 0 Å². The molecule has 112 valence electrons. The summed E-state index contributed by atoms with van der Waals surface area (Å²) in [7, 11) is 1.37. The molecule has 21 heavy (non-hydrogen) atoms. The zero-order valence-corrected chi connectivity index (χ0v) is 12.1. The standard InChI is InChI=1S/C16H20N2O3/c1-21-15(20)16(12-7-3-2-4-8-12)10-11-6-5-9-17-13(11)14(19)18-16/h2-4,7-8,11,13,17H,5-6,9-10H2,1H3,(H,18,19)/t11-,13-,16+/m1/s1. The normalized spacial score (nSPS) is 32.0. The molecule has 2 aliphatic heterocycles. The van der Waals surface area contributed by atoms with Gasteiger partial charge in [0.2, 0.25) is 5.91 Å². The highest BCUT2D eigenvalue weighted by atomic mass is 16.5. The fraction of sp³-hybridized carbons (Fsp3) is 0.500. The molecule has 1 aromatic carbocycles. The minimum atomic E-state index is -1.06. The van der Waals surface area contributed by atoms with Crippen molar-refractivity contribution in [2.45, 2.75) is 30.8 Å². The lowest BCUT2D eigenvalue weighted by molar-refractivity contribution is -0.156. The van der Waals surface area contributed by atoms with Crippen molar-refractivity contribution in [3.05, 3.63) is 35.9 Å². The summed E-state index contributed by atoms with van der Waals surface area (Å²) in [5.74, 6) is -0.349. The molecule has 0 aliphatic carbocycles. The van der Waals surface area contributed by atoms with Gasteiger partial charge in [-0.05, 0) is 37.3 Å². The molecule has 1 amide bonds. The number of carbonyl (C=O) groups excluding carboxylic acids is 2. The molecular weight excluding hydrogens is 268 g/mol. The van der Waals surface area contributed by atoms with Crippen molar-refractivity contribution in [3.8, 4) is 0 Å². The summed E-state index contributed by atoms with van der Waals surface area (Å²) in [4.78, 5) is 24.9. The topological polar surface area (TPSA) is 67.4 Å². The summed E-state index contributed by atoms with van der Waals surface area (Å²) in [6.45, 7) is 0.852. The van der Waals surface area contributed by atoms with E-state index in [0.717, 1.165) is 24.9 Å². The SMILES string of the molecule is COC(=O)[C@@]1(c2ccccc2)C[C@H]2CCCN[C@H]2C(=O)N1. The van der Waals surface area contributed by atoms with Crippen molar-refractivity contribution in [3.63, 3.8) is 0 Å². The minimum absolute atomic E-state index is 0.111. The van der Waals surface area contributed by atoms with Crippen LogP contribution in [0.25, 0.3) is 0 Å². The Morgan fingerprint density at radius 2 is 2.10 bits per heavy atom. The van der Waals surface area contributed by atoms with Gasteiger partial charge in [0.1, 0.15) is 0 Å². The van der Waals surface area contributed by atoms with E-state index in [1.807, 2.05) is 30.3 Å². The zero-order valence-electron chi connectivity index (χ0n) is 12.1. The van der Waals surface area contributed by atoms with Gasteiger partial charge in [-0.2, -0.15) is 0 Å². The van der Waals surface area contributed by atoms with Crippen LogP contribution in [-0.4, -0.2) is 31.6 Å². The van der Waals surface area contributed by atoms with E-state index in [4.69, 9.17) is 4.74 Å². The molecule has 2 aliphatic rings. The number of nitrogens with one attached hydrogen (secondary N) is 2. The quantitative estimate of drug-likeness (QED) is 0.795. The largest absolute Gasteiger partial charge is 0.467 e. The number of carbonyl (C=O) groups is 2. The molecule has 3 rings (SSSR count). The summed E-state index contributed by atoms with van der Waals surface area (Å²) in [5, 5.41) is 6.17. The molecule has 2 fully saturated rings. The van der Waals surface area contributed by atoms with E-state index in [1.165, 1.54) is 7.11 Å². The van der Waals surface area contributed by atoms with E-state index in [-0.39, 0.29) is 17.9 Å². The van der Waals surface area contributed by atoms with Gasteiger partial charge in [-0.1, -0.05) is 30.3 Å². The molecule has 2 N–H and O–H groups in total. The molecule has 0 aromatic heterocycles. The monoisotopic (exact) mass is 288 g/mol. The van der Waals surface area contributed by atoms with E-state index >= 15 is 0 Å². The Balaban J connectivity index is 2.01. The molecule has 5 heteroatoms. The maximum Gasteiger partial charge on any atom is 0.336 e. The van der Waals surface area contributed by atoms with Crippen molar-refractivity contribution < 1.29 is 14.3 Å². The minimum Gasteiger partial charge on any atom is -0.467 e. The average molecular weight is 288 g/mol. The Labute approximate surface area is 124 Å². The van der Waals surface area contributed by atoms with Crippen LogP contribution in [0.15, 0.2) is 30.3 Å². The Kier molecular flexibility index (Phi) is 3.68. The second-order valence-corrected chi connectivity index (χ2v) is 5.79. The van der Waals surface area contributed by atoms with Crippen LogP contribution in [-0.2, 0) is 19.9 Å². The van der Waals surface area contributed by atoms with Crippen LogP contribution < -0.4 is 10.6 Å². The Bertz CT molecular complexity index is 546. The van der Waals surface area contributed by atoms with Crippen LogP contribution >= 0.6 is 0 Å². The van der Waals surface area contributed by atoms with Crippen LogP contribution in [0.1, 0.15) is 24.8 Å². The molecular formula is C16H20N2O3. The van der Waals surface area contributed by atoms with Crippen molar-refractivity contribution in [2.75, 3.05) is 13.7 Å². The maximum absolute atomic E-state index is 12.5. The maximum atomic E-state index is 12.5. The van der Waals surface area contributed by atoms with Crippen molar-refractivity contribution in [1.29, 1.82) is 0 Å². The molecule has 0 bridgehead atoms. The van der Waals surface area contributed by atoms with Crippen LogP contribution in [0.4, 0.5) is 0 Å². The first-order valence-corrected chi connectivity index (χ1v) is 7.37. The second-order valence-electron chi connectivity index (χ2n) is 5.79. The number of esters is 1. The summed E-state index contributed by atoms with van der Waals surface area (Å²) < 4.78 is 5.00. The Morgan fingerprint density at radius 1 is 1.33 bits per heavy atom. The first-order chi connectivity index (χ1) is 10.2. The van der Waals surface area contributed by atoms with Gasteiger partial charge in [0.05, 0.1) is 13.2 Å². The summed E-state index contributed by atoms with van der Waals surface area (Å²) in [6, 6.07) is 9.18. The van der Waals surface area contributed by atoms with Crippen molar-refractivity contribution in [2.24, 2.45) is 5.92 Å². The fourth-order valence-corrected chi connectivity index (χ4v) is 3.55. The van der Waals surface area contributed by atoms with Gasteiger partial charge in [0.15, 0.2) is 5.54 Å². The summed E-state index contributed by atoms with van der Waals surface area (Å²) in [5.41, 5.74) is -0.276. The number of fused-ring (bicyclic) bond motifs is 1. The third kappa shape index (κ3) is 2.31. The van der Waals surface area contributed by atoms with E-state index < -0.39 is 11.5 Å². The first-order valence-electron chi connectivity index (χ1n) is 7.37. The number of piperidine rings is 2. The van der Waals surface area contributed by atoms with Crippen molar-refractivity contribution in [1.82, 2.24) is 10.6 Å². The highest BCUT2D eigenvalue weighted by Crippen LogP contribution is 2.38. The Morgan fingerprint density at radius 3 is 2.81 bits per heavy atom. The Hall–Kier alpha value is -1.88. The fourth-order valence-electron chi connectivity index (χ4n) is 3.55. The summed E-state index contributed by atoms with van der Waals surface area (Å²) >= 11 is 0. The van der Waals surface area contributed by atoms with E-state index in [2.05, 4.69) is 10.6 Å². The van der Waals surface area contributed by atoms with Gasteiger partial charge in [0, 0.05) is 0 Å². The lowest BCUT2D eigenvalue weighted by Gasteiger charge is -2.45. The molecule has 0 spiro atoms. The molecule has 0 saturated carbocycles. The number of amides is 1.